The van der Waals surface area contributed by atoms with E-state index < -0.39 is 10.5 Å². The molecule has 1 saturated heterocycles. The summed E-state index contributed by atoms with van der Waals surface area (Å²) in [4.78, 5) is 23.9. The van der Waals surface area contributed by atoms with Gasteiger partial charge in [-0.15, -0.1) is 0 Å². The third-order valence-electron chi connectivity index (χ3n) is 4.32. The summed E-state index contributed by atoms with van der Waals surface area (Å²) in [5.41, 5.74) is -0.874. The molecule has 25 heavy (non-hydrogen) atoms. The molecule has 0 atom stereocenters. The predicted molar refractivity (Wildman–Crippen MR) is 90.2 cm³/mol. The van der Waals surface area contributed by atoms with Crippen LogP contribution in [-0.2, 0) is 16.1 Å². The molecular weight excluding hydrogens is 328 g/mol. The van der Waals surface area contributed by atoms with Crippen molar-refractivity contribution in [3.8, 4) is 0 Å². The molecule has 0 N–H and O–H groups in total. The Hall–Kier alpha value is -2.09. The Morgan fingerprint density at radius 3 is 2.48 bits per heavy atom. The summed E-state index contributed by atoms with van der Waals surface area (Å²) in [6.45, 7) is 8.86. The number of rotatable bonds is 5. The van der Waals surface area contributed by atoms with Crippen molar-refractivity contribution in [2.24, 2.45) is 0 Å². The Balaban J connectivity index is 1.89. The lowest BCUT2D eigenvalue weighted by Gasteiger charge is -2.41. The molecule has 8 heteroatoms. The van der Waals surface area contributed by atoms with E-state index in [-0.39, 0.29) is 24.2 Å². The first-order valence-electron chi connectivity index (χ1n) is 8.49. The van der Waals surface area contributed by atoms with Crippen LogP contribution in [0, 0.1) is 10.1 Å². The summed E-state index contributed by atoms with van der Waals surface area (Å²) in [6, 6.07) is 2.87. The largest absolute Gasteiger partial charge is 0.444 e. The van der Waals surface area contributed by atoms with Crippen LogP contribution in [0.2, 0.25) is 0 Å². The highest BCUT2D eigenvalue weighted by atomic mass is 16.6. The maximum absolute atomic E-state index is 12.1. The van der Waals surface area contributed by atoms with Crippen molar-refractivity contribution in [2.45, 2.75) is 64.8 Å². The van der Waals surface area contributed by atoms with Crippen LogP contribution in [-0.4, -0.2) is 40.2 Å². The van der Waals surface area contributed by atoms with Crippen molar-refractivity contribution in [1.29, 1.82) is 0 Å². The van der Waals surface area contributed by atoms with Gasteiger partial charge in [0.2, 0.25) is 0 Å². The van der Waals surface area contributed by atoms with E-state index in [1.54, 1.807) is 11.0 Å². The van der Waals surface area contributed by atoms with Gasteiger partial charge in [-0.25, -0.2) is 4.79 Å². The van der Waals surface area contributed by atoms with E-state index in [0.29, 0.717) is 31.7 Å². The number of nitro groups is 1. The SMILES string of the molecule is CCC1(OCc2ccc([N+](=O)[O-])o2)CCN(C(=O)OC(C)(C)C)CC1. The summed E-state index contributed by atoms with van der Waals surface area (Å²) in [5.74, 6) is 0.137. The number of piperidine rings is 1. The molecule has 0 aromatic carbocycles. The first-order chi connectivity index (χ1) is 11.6. The van der Waals surface area contributed by atoms with Gasteiger partial charge >= 0.3 is 12.0 Å². The molecule has 0 saturated carbocycles. The third kappa shape index (κ3) is 5.19. The van der Waals surface area contributed by atoms with E-state index in [9.17, 15) is 14.9 Å². The predicted octanol–water partition coefficient (Wildman–Crippen LogP) is 3.88. The molecule has 0 spiro atoms. The molecule has 0 unspecified atom stereocenters. The van der Waals surface area contributed by atoms with Crippen LogP contribution >= 0.6 is 0 Å². The molecule has 140 valence electrons. The van der Waals surface area contributed by atoms with Crippen LogP contribution in [0.15, 0.2) is 16.5 Å². The first kappa shape index (κ1) is 19.2. The lowest BCUT2D eigenvalue weighted by molar-refractivity contribution is -0.402. The van der Waals surface area contributed by atoms with Gasteiger partial charge in [-0.1, -0.05) is 6.92 Å². The van der Waals surface area contributed by atoms with Crippen LogP contribution in [0.3, 0.4) is 0 Å². The number of ether oxygens (including phenoxy) is 2. The number of carbonyl (C=O) groups is 1. The molecule has 1 aromatic rings. The zero-order chi connectivity index (χ0) is 18.7. The summed E-state index contributed by atoms with van der Waals surface area (Å²) in [7, 11) is 0. The Bertz CT molecular complexity index is 611. The average molecular weight is 354 g/mol. The minimum atomic E-state index is -0.571. The van der Waals surface area contributed by atoms with E-state index in [1.165, 1.54) is 6.07 Å². The fourth-order valence-electron chi connectivity index (χ4n) is 2.79. The molecule has 0 bridgehead atoms. The van der Waals surface area contributed by atoms with Crippen LogP contribution in [0.1, 0.15) is 52.7 Å². The van der Waals surface area contributed by atoms with Gasteiger partial charge in [-0.3, -0.25) is 10.1 Å². The second kappa shape index (κ2) is 7.43. The molecule has 1 aromatic heterocycles. The van der Waals surface area contributed by atoms with Crippen LogP contribution in [0.5, 0.6) is 0 Å². The summed E-state index contributed by atoms with van der Waals surface area (Å²) >= 11 is 0. The number of nitrogens with zero attached hydrogens (tertiary/aromatic N) is 2. The van der Waals surface area contributed by atoms with Crippen LogP contribution in [0.4, 0.5) is 10.7 Å². The van der Waals surface area contributed by atoms with Crippen molar-refractivity contribution in [3.05, 3.63) is 28.0 Å². The number of hydrogen-bond acceptors (Lipinski definition) is 6. The molecular formula is C17H26N2O6. The quantitative estimate of drug-likeness (QED) is 0.588. The fourth-order valence-corrected chi connectivity index (χ4v) is 2.79. The van der Waals surface area contributed by atoms with E-state index >= 15 is 0 Å². The summed E-state index contributed by atoms with van der Waals surface area (Å²) in [6.07, 6.45) is 1.86. The minimum absolute atomic E-state index is 0.175. The Labute approximate surface area is 147 Å². The average Bonchev–Trinajstić information content (AvgIpc) is 3.01. The van der Waals surface area contributed by atoms with Gasteiger partial charge in [0.1, 0.15) is 22.9 Å². The highest BCUT2D eigenvalue weighted by Crippen LogP contribution is 2.32. The number of likely N-dealkylation sites (tertiary alicyclic amines) is 1. The van der Waals surface area contributed by atoms with Crippen LogP contribution in [0.25, 0.3) is 0 Å². The monoisotopic (exact) mass is 354 g/mol. The molecule has 8 nitrogen and oxygen atoms in total. The second-order valence-electron chi connectivity index (χ2n) is 7.29. The van der Waals surface area contributed by atoms with Gasteiger partial charge in [0.15, 0.2) is 0 Å². The number of amides is 1. The van der Waals surface area contributed by atoms with E-state index in [0.717, 1.165) is 6.42 Å². The van der Waals surface area contributed by atoms with Gasteiger partial charge in [-0.05, 0) is 46.1 Å². The maximum atomic E-state index is 12.1. The Morgan fingerprint density at radius 1 is 1.36 bits per heavy atom. The number of carbonyl (C=O) groups excluding carboxylic acids is 1. The lowest BCUT2D eigenvalue weighted by atomic mass is 9.88. The minimum Gasteiger partial charge on any atom is -0.444 e. The maximum Gasteiger partial charge on any atom is 0.433 e. The van der Waals surface area contributed by atoms with Gasteiger partial charge in [0, 0.05) is 13.1 Å². The zero-order valence-corrected chi connectivity index (χ0v) is 15.2. The smallest absolute Gasteiger partial charge is 0.433 e. The standard InChI is InChI=1S/C17H26N2O6/c1-5-17(23-12-13-6-7-14(24-13)19(21)22)8-10-18(11-9-17)15(20)25-16(2,3)4/h6-7H,5,8-12H2,1-4H3. The molecule has 1 amide bonds. The Kier molecular flexibility index (Phi) is 5.72. The number of furan rings is 1. The van der Waals surface area contributed by atoms with E-state index in [1.807, 2.05) is 27.7 Å². The zero-order valence-electron chi connectivity index (χ0n) is 15.2. The molecule has 1 aliphatic rings. The van der Waals surface area contributed by atoms with E-state index in [4.69, 9.17) is 13.9 Å². The molecule has 2 heterocycles. The normalized spacial score (nSPS) is 17.4. The third-order valence-corrected chi connectivity index (χ3v) is 4.32. The summed E-state index contributed by atoms with van der Waals surface area (Å²) < 4.78 is 16.6. The lowest BCUT2D eigenvalue weighted by Crippen LogP contribution is -2.49. The van der Waals surface area contributed by atoms with Crippen LogP contribution < -0.4 is 0 Å². The van der Waals surface area contributed by atoms with E-state index in [2.05, 4.69) is 0 Å². The molecule has 0 radical (unpaired) electrons. The number of hydrogen-bond donors (Lipinski definition) is 0. The van der Waals surface area contributed by atoms with Gasteiger partial charge in [0.05, 0.1) is 11.7 Å². The Morgan fingerprint density at radius 2 is 2.00 bits per heavy atom. The highest BCUT2D eigenvalue weighted by Gasteiger charge is 2.37. The second-order valence-corrected chi connectivity index (χ2v) is 7.29. The van der Waals surface area contributed by atoms with Gasteiger partial charge < -0.3 is 18.8 Å². The van der Waals surface area contributed by atoms with Crippen molar-refractivity contribution in [2.75, 3.05) is 13.1 Å². The fraction of sp³-hybridized carbons (Fsp3) is 0.706. The van der Waals surface area contributed by atoms with Crippen molar-refractivity contribution >= 4 is 12.0 Å². The van der Waals surface area contributed by atoms with Gasteiger partial charge in [-0.2, -0.15) is 0 Å². The van der Waals surface area contributed by atoms with Crippen molar-refractivity contribution in [1.82, 2.24) is 4.90 Å². The van der Waals surface area contributed by atoms with Crippen molar-refractivity contribution in [3.63, 3.8) is 0 Å². The van der Waals surface area contributed by atoms with Gasteiger partial charge in [0.25, 0.3) is 0 Å². The molecule has 0 aliphatic carbocycles. The molecule has 1 fully saturated rings. The van der Waals surface area contributed by atoms with Crippen molar-refractivity contribution < 1.29 is 23.6 Å². The molecule has 2 rings (SSSR count). The topological polar surface area (TPSA) is 95.0 Å². The molecule has 1 aliphatic heterocycles. The summed E-state index contributed by atoms with van der Waals surface area (Å²) in [5, 5.41) is 10.7. The first-order valence-corrected chi connectivity index (χ1v) is 8.49. The highest BCUT2D eigenvalue weighted by molar-refractivity contribution is 5.68.